The van der Waals surface area contributed by atoms with Crippen molar-refractivity contribution >= 4 is 17.3 Å². The van der Waals surface area contributed by atoms with Crippen LogP contribution >= 0.6 is 0 Å². The highest BCUT2D eigenvalue weighted by atomic mass is 19.1. The predicted molar refractivity (Wildman–Crippen MR) is 113 cm³/mol. The van der Waals surface area contributed by atoms with Crippen LogP contribution in [0.15, 0.2) is 60.3 Å². The number of anilines is 2. The first kappa shape index (κ1) is 20.4. The highest BCUT2D eigenvalue weighted by molar-refractivity contribution is 6.06. The van der Waals surface area contributed by atoms with Crippen molar-refractivity contribution in [2.45, 2.75) is 19.8 Å². The molecule has 2 aromatic carbocycles. The van der Waals surface area contributed by atoms with Crippen LogP contribution in [0.3, 0.4) is 0 Å². The van der Waals surface area contributed by atoms with Gasteiger partial charge >= 0.3 is 0 Å². The molecule has 0 radical (unpaired) electrons. The summed E-state index contributed by atoms with van der Waals surface area (Å²) < 4.78 is 13.1. The lowest BCUT2D eigenvalue weighted by Crippen LogP contribution is -2.44. The van der Waals surface area contributed by atoms with Crippen LogP contribution < -0.4 is 10.2 Å². The molecule has 0 aromatic heterocycles. The Kier molecular flexibility index (Phi) is 6.50. The average molecular weight is 392 g/mol. The average Bonchev–Trinajstić information content (AvgIpc) is 2.73. The van der Waals surface area contributed by atoms with E-state index in [0.717, 1.165) is 18.8 Å². The predicted octanol–water partition coefficient (Wildman–Crippen LogP) is 4.12. The molecule has 3 rings (SSSR count). The fourth-order valence-electron chi connectivity index (χ4n) is 3.23. The zero-order valence-corrected chi connectivity index (χ0v) is 16.7. The highest BCUT2D eigenvalue weighted by Gasteiger charge is 2.18. The Morgan fingerprint density at radius 2 is 1.69 bits per heavy atom. The number of carbonyl (C=O) groups excluding carboxylic acids is 1. The van der Waals surface area contributed by atoms with Gasteiger partial charge in [0, 0.05) is 43.8 Å². The van der Waals surface area contributed by atoms with Crippen LogP contribution in [0, 0.1) is 17.1 Å². The second kappa shape index (κ2) is 9.24. The summed E-state index contributed by atoms with van der Waals surface area (Å²) in [5.41, 5.74) is 2.91. The number of hydrogen-bond donors (Lipinski definition) is 1. The van der Waals surface area contributed by atoms with Crippen molar-refractivity contribution in [1.82, 2.24) is 4.90 Å². The third-order valence-electron chi connectivity index (χ3n) is 5.02. The van der Waals surface area contributed by atoms with Crippen molar-refractivity contribution in [3.8, 4) is 6.07 Å². The molecule has 1 aliphatic heterocycles. The number of amides is 1. The highest BCUT2D eigenvalue weighted by Crippen LogP contribution is 2.19. The smallest absolute Gasteiger partial charge is 0.267 e. The summed E-state index contributed by atoms with van der Waals surface area (Å²) in [7, 11) is 0. The second-order valence-corrected chi connectivity index (χ2v) is 7.38. The van der Waals surface area contributed by atoms with Crippen molar-refractivity contribution in [1.29, 1.82) is 5.26 Å². The molecule has 1 aliphatic rings. The van der Waals surface area contributed by atoms with Gasteiger partial charge in [-0.25, -0.2) is 4.39 Å². The van der Waals surface area contributed by atoms with E-state index in [1.165, 1.54) is 17.7 Å². The Bertz CT molecular complexity index is 905. The fraction of sp³-hybridized carbons (Fsp3) is 0.304. The summed E-state index contributed by atoms with van der Waals surface area (Å²) in [4.78, 5) is 16.6. The van der Waals surface area contributed by atoms with E-state index < -0.39 is 5.91 Å². The van der Waals surface area contributed by atoms with E-state index in [2.05, 4.69) is 24.1 Å². The molecule has 5 nitrogen and oxygen atoms in total. The molecule has 0 bridgehead atoms. The Morgan fingerprint density at radius 3 is 2.24 bits per heavy atom. The summed E-state index contributed by atoms with van der Waals surface area (Å²) in [6.07, 6.45) is 1.62. The summed E-state index contributed by atoms with van der Waals surface area (Å²) in [6, 6.07) is 16.1. The third kappa shape index (κ3) is 5.35. The molecular weight excluding hydrogens is 367 g/mol. The first-order chi connectivity index (χ1) is 14.0. The molecule has 1 heterocycles. The van der Waals surface area contributed by atoms with Gasteiger partial charge in [-0.2, -0.15) is 5.26 Å². The zero-order chi connectivity index (χ0) is 20.8. The quantitative estimate of drug-likeness (QED) is 0.614. The van der Waals surface area contributed by atoms with Crippen LogP contribution in [0.5, 0.6) is 0 Å². The Morgan fingerprint density at radius 1 is 1.07 bits per heavy atom. The molecule has 1 N–H and O–H groups in total. The number of nitrogens with zero attached hydrogens (tertiary/aromatic N) is 3. The van der Waals surface area contributed by atoms with E-state index in [9.17, 15) is 14.4 Å². The molecule has 1 amide bonds. The molecule has 2 aromatic rings. The molecular formula is C23H25FN4O. The van der Waals surface area contributed by atoms with Gasteiger partial charge in [-0.15, -0.1) is 0 Å². The van der Waals surface area contributed by atoms with Crippen LogP contribution in [0.4, 0.5) is 15.8 Å². The molecule has 0 saturated carbocycles. The van der Waals surface area contributed by atoms with Crippen LogP contribution in [-0.4, -0.2) is 37.0 Å². The summed E-state index contributed by atoms with van der Waals surface area (Å²) in [5, 5.41) is 12.2. The lowest BCUT2D eigenvalue weighted by molar-refractivity contribution is -0.112. The second-order valence-electron chi connectivity index (χ2n) is 7.38. The molecule has 6 heteroatoms. The van der Waals surface area contributed by atoms with Crippen molar-refractivity contribution in [3.63, 3.8) is 0 Å². The maximum atomic E-state index is 13.1. The van der Waals surface area contributed by atoms with Gasteiger partial charge in [-0.3, -0.25) is 4.79 Å². The minimum absolute atomic E-state index is 0.0770. The Balaban J connectivity index is 1.59. The Labute approximate surface area is 171 Å². The Hall–Kier alpha value is -3.33. The van der Waals surface area contributed by atoms with Crippen LogP contribution in [0.1, 0.15) is 25.3 Å². The van der Waals surface area contributed by atoms with E-state index >= 15 is 0 Å². The number of piperazine rings is 1. The van der Waals surface area contributed by atoms with E-state index in [-0.39, 0.29) is 11.4 Å². The van der Waals surface area contributed by atoms with Crippen molar-refractivity contribution in [3.05, 3.63) is 71.7 Å². The van der Waals surface area contributed by atoms with E-state index in [1.54, 1.807) is 18.3 Å². The van der Waals surface area contributed by atoms with Gasteiger partial charge in [0.05, 0.1) is 0 Å². The first-order valence-electron chi connectivity index (χ1n) is 9.74. The molecule has 1 fully saturated rings. The standard InChI is InChI=1S/C23H25FN4O/c1-17(2)18-3-7-21(8-4-18)26-23(29)19(15-25)16-27-11-13-28(14-12-27)22-9-5-20(24)6-10-22/h3-10,16-17H,11-14H2,1-2H3,(H,26,29)/b19-16-. The SMILES string of the molecule is CC(C)c1ccc(NC(=O)/C(C#N)=C\N2CCN(c3ccc(F)cc3)CC2)cc1. The number of carbonyl (C=O) groups is 1. The molecule has 0 unspecified atom stereocenters. The van der Waals surface area contributed by atoms with Crippen molar-refractivity contribution in [2.24, 2.45) is 0 Å². The largest absolute Gasteiger partial charge is 0.373 e. The summed E-state index contributed by atoms with van der Waals surface area (Å²) >= 11 is 0. The zero-order valence-electron chi connectivity index (χ0n) is 16.7. The third-order valence-corrected chi connectivity index (χ3v) is 5.02. The molecule has 150 valence electrons. The van der Waals surface area contributed by atoms with Gasteiger partial charge < -0.3 is 15.1 Å². The van der Waals surface area contributed by atoms with Gasteiger partial charge in [0.1, 0.15) is 17.5 Å². The van der Waals surface area contributed by atoms with Crippen LogP contribution in [-0.2, 0) is 4.79 Å². The monoisotopic (exact) mass is 392 g/mol. The minimum Gasteiger partial charge on any atom is -0.373 e. The van der Waals surface area contributed by atoms with Gasteiger partial charge in [0.15, 0.2) is 0 Å². The summed E-state index contributed by atoms with van der Waals surface area (Å²) in [6.45, 7) is 7.05. The number of hydrogen-bond acceptors (Lipinski definition) is 4. The number of nitrogens with one attached hydrogen (secondary N) is 1. The topological polar surface area (TPSA) is 59.4 Å². The lowest BCUT2D eigenvalue weighted by Gasteiger charge is -2.35. The summed E-state index contributed by atoms with van der Waals surface area (Å²) in [5.74, 6) is -0.243. The van der Waals surface area contributed by atoms with Gasteiger partial charge in [-0.05, 0) is 47.9 Å². The van der Waals surface area contributed by atoms with E-state index in [0.29, 0.717) is 24.7 Å². The maximum absolute atomic E-state index is 13.1. The normalized spacial score (nSPS) is 14.7. The van der Waals surface area contributed by atoms with Gasteiger partial charge in [0.2, 0.25) is 0 Å². The molecule has 0 spiro atoms. The van der Waals surface area contributed by atoms with Crippen molar-refractivity contribution < 1.29 is 9.18 Å². The van der Waals surface area contributed by atoms with Gasteiger partial charge in [0.25, 0.3) is 5.91 Å². The lowest BCUT2D eigenvalue weighted by atomic mass is 10.0. The van der Waals surface area contributed by atoms with E-state index in [1.807, 2.05) is 35.2 Å². The fourth-order valence-corrected chi connectivity index (χ4v) is 3.23. The van der Waals surface area contributed by atoms with Crippen molar-refractivity contribution in [2.75, 3.05) is 36.4 Å². The molecule has 1 saturated heterocycles. The number of rotatable bonds is 5. The molecule has 29 heavy (non-hydrogen) atoms. The van der Waals surface area contributed by atoms with Crippen LogP contribution in [0.2, 0.25) is 0 Å². The number of nitriles is 1. The minimum atomic E-state index is -0.411. The maximum Gasteiger partial charge on any atom is 0.267 e. The van der Waals surface area contributed by atoms with Gasteiger partial charge in [-0.1, -0.05) is 26.0 Å². The number of halogens is 1. The van der Waals surface area contributed by atoms with E-state index in [4.69, 9.17) is 0 Å². The first-order valence-corrected chi connectivity index (χ1v) is 9.74. The molecule has 0 atom stereocenters. The van der Waals surface area contributed by atoms with Crippen LogP contribution in [0.25, 0.3) is 0 Å². The number of benzene rings is 2. The molecule has 0 aliphatic carbocycles.